The summed E-state index contributed by atoms with van der Waals surface area (Å²) in [7, 11) is 1.68. The Hall–Kier alpha value is -3.14. The lowest BCUT2D eigenvalue weighted by Gasteiger charge is -2.11. The third-order valence-electron chi connectivity index (χ3n) is 4.36. The molecule has 3 aromatic rings. The minimum atomic E-state index is -1.04. The van der Waals surface area contributed by atoms with Crippen LogP contribution in [0.4, 0.5) is 20.3 Å². The third kappa shape index (κ3) is 4.16. The summed E-state index contributed by atoms with van der Waals surface area (Å²) in [6.45, 7) is 3.88. The summed E-state index contributed by atoms with van der Waals surface area (Å²) >= 11 is 0.934. The Bertz CT molecular complexity index is 1060. The van der Waals surface area contributed by atoms with Crippen molar-refractivity contribution in [1.82, 2.24) is 14.2 Å². The van der Waals surface area contributed by atoms with Gasteiger partial charge in [-0.25, -0.2) is 13.2 Å². The minimum absolute atomic E-state index is 0.259. The van der Waals surface area contributed by atoms with Gasteiger partial charge in [-0.1, -0.05) is 13.8 Å². The molecule has 2 heterocycles. The predicted molar refractivity (Wildman–Crippen MR) is 106 cm³/mol. The van der Waals surface area contributed by atoms with Crippen molar-refractivity contribution in [1.29, 1.82) is 0 Å². The molecule has 0 unspecified atom stereocenters. The van der Waals surface area contributed by atoms with Crippen molar-refractivity contribution in [3.8, 4) is 0 Å². The molecule has 3 rings (SSSR count). The predicted octanol–water partition coefficient (Wildman–Crippen LogP) is 3.78. The fourth-order valence-electron chi connectivity index (χ4n) is 2.95. The van der Waals surface area contributed by atoms with Gasteiger partial charge < -0.3 is 10.6 Å². The second-order valence-electron chi connectivity index (χ2n) is 6.20. The van der Waals surface area contributed by atoms with Crippen molar-refractivity contribution in [2.75, 3.05) is 10.6 Å². The minimum Gasteiger partial charge on any atom is -0.319 e. The maximum Gasteiger partial charge on any atom is 0.267 e. The van der Waals surface area contributed by atoms with Crippen molar-refractivity contribution in [2.45, 2.75) is 26.7 Å². The van der Waals surface area contributed by atoms with Gasteiger partial charge in [0, 0.05) is 24.9 Å². The number of benzene rings is 1. The van der Waals surface area contributed by atoms with Gasteiger partial charge in [-0.15, -0.1) is 0 Å². The van der Waals surface area contributed by atoms with Gasteiger partial charge in [0.15, 0.2) is 0 Å². The maximum absolute atomic E-state index is 14.3. The molecule has 0 spiro atoms. The van der Waals surface area contributed by atoms with Crippen molar-refractivity contribution in [3.63, 3.8) is 0 Å². The van der Waals surface area contributed by atoms with E-state index in [2.05, 4.69) is 20.1 Å². The van der Waals surface area contributed by atoms with E-state index in [9.17, 15) is 18.4 Å². The maximum atomic E-state index is 14.3. The molecule has 10 heteroatoms. The molecule has 0 aliphatic carbocycles. The van der Waals surface area contributed by atoms with Crippen LogP contribution >= 0.6 is 11.5 Å². The lowest BCUT2D eigenvalue weighted by Crippen LogP contribution is -2.19. The fourth-order valence-corrected chi connectivity index (χ4v) is 3.44. The number of nitrogens with zero attached hydrogens (tertiary/aromatic N) is 3. The van der Waals surface area contributed by atoms with Crippen LogP contribution in [0.15, 0.2) is 24.4 Å². The molecular formula is C19H19F2N5O2S. The van der Waals surface area contributed by atoms with Gasteiger partial charge in [0.25, 0.3) is 11.8 Å². The molecule has 0 radical (unpaired) electrons. The Morgan fingerprint density at radius 1 is 1.10 bits per heavy atom. The number of nitrogens with one attached hydrogen (secondary N) is 2. The van der Waals surface area contributed by atoms with Crippen molar-refractivity contribution < 1.29 is 18.4 Å². The molecule has 29 heavy (non-hydrogen) atoms. The van der Waals surface area contributed by atoms with Gasteiger partial charge in [-0.3, -0.25) is 14.3 Å². The quantitative estimate of drug-likeness (QED) is 0.636. The molecule has 0 bridgehead atoms. The Morgan fingerprint density at radius 2 is 1.86 bits per heavy atom. The largest absolute Gasteiger partial charge is 0.319 e. The van der Waals surface area contributed by atoms with Gasteiger partial charge >= 0.3 is 0 Å². The molecule has 0 atom stereocenters. The number of hydrogen-bond donors (Lipinski definition) is 2. The summed E-state index contributed by atoms with van der Waals surface area (Å²) in [5.74, 6) is -2.94. The van der Waals surface area contributed by atoms with Crippen LogP contribution in [0.1, 0.15) is 45.1 Å². The Morgan fingerprint density at radius 3 is 2.48 bits per heavy atom. The first kappa shape index (κ1) is 20.6. The van der Waals surface area contributed by atoms with E-state index in [1.165, 1.54) is 16.9 Å². The molecule has 2 amide bonds. The molecule has 1 aromatic carbocycles. The fraction of sp³-hybridized carbons (Fsp3) is 0.263. The molecule has 2 aromatic heterocycles. The molecule has 0 aliphatic rings. The van der Waals surface area contributed by atoms with Gasteiger partial charge in [-0.05, 0) is 36.5 Å². The van der Waals surface area contributed by atoms with E-state index in [0.717, 1.165) is 28.9 Å². The number of aromatic nitrogens is 3. The highest BCUT2D eigenvalue weighted by molar-refractivity contribution is 7.08. The van der Waals surface area contributed by atoms with E-state index in [1.54, 1.807) is 7.05 Å². The number of rotatable bonds is 6. The van der Waals surface area contributed by atoms with E-state index in [4.69, 9.17) is 0 Å². The third-order valence-corrected chi connectivity index (χ3v) is 5.11. The SMILES string of the molecule is CCc1nn(C)c(NC(=O)c2cc(NC(=O)c3ccns3)c(F)cc2F)c1CC. The van der Waals surface area contributed by atoms with Crippen molar-refractivity contribution >= 4 is 34.9 Å². The summed E-state index contributed by atoms with van der Waals surface area (Å²) in [6.07, 6.45) is 2.75. The van der Waals surface area contributed by atoms with E-state index < -0.39 is 29.0 Å². The molecule has 0 aliphatic heterocycles. The number of hydrogen-bond acceptors (Lipinski definition) is 5. The number of aryl methyl sites for hydroxylation is 2. The van der Waals surface area contributed by atoms with Crippen LogP contribution in [0.2, 0.25) is 0 Å². The number of carbonyl (C=O) groups is 2. The van der Waals surface area contributed by atoms with Crippen LogP contribution in [0.5, 0.6) is 0 Å². The molecular weight excluding hydrogens is 400 g/mol. The van der Waals surface area contributed by atoms with Gasteiger partial charge in [0.1, 0.15) is 22.3 Å². The standard InChI is InChI=1S/C19H19F2N5O2S/c1-4-10-14(5-2)25-26(3)17(10)24-18(27)11-8-15(13(21)9-12(11)20)23-19(28)16-6-7-22-29-16/h6-9H,4-5H2,1-3H3,(H,23,28)(H,24,27). The highest BCUT2D eigenvalue weighted by Gasteiger charge is 2.21. The summed E-state index contributed by atoms with van der Waals surface area (Å²) in [4.78, 5) is 25.1. The topological polar surface area (TPSA) is 88.9 Å². The average Bonchev–Trinajstić information content (AvgIpc) is 3.32. The Labute approximate surface area is 169 Å². The summed E-state index contributed by atoms with van der Waals surface area (Å²) in [5, 5.41) is 9.34. The summed E-state index contributed by atoms with van der Waals surface area (Å²) < 4.78 is 33.8. The lowest BCUT2D eigenvalue weighted by molar-refractivity contribution is 0.101. The summed E-state index contributed by atoms with van der Waals surface area (Å²) in [5.41, 5.74) is 0.990. The lowest BCUT2D eigenvalue weighted by atomic mass is 10.1. The van der Waals surface area contributed by atoms with E-state index in [1.807, 2.05) is 13.8 Å². The smallest absolute Gasteiger partial charge is 0.267 e. The highest BCUT2D eigenvalue weighted by atomic mass is 32.1. The number of carbonyl (C=O) groups excluding carboxylic acids is 2. The van der Waals surface area contributed by atoms with Crippen LogP contribution in [-0.2, 0) is 19.9 Å². The van der Waals surface area contributed by atoms with Crippen LogP contribution in [0.3, 0.4) is 0 Å². The first-order valence-corrected chi connectivity index (χ1v) is 9.70. The van der Waals surface area contributed by atoms with Crippen LogP contribution in [0.25, 0.3) is 0 Å². The van der Waals surface area contributed by atoms with Gasteiger partial charge in [0.05, 0.1) is 16.9 Å². The number of anilines is 2. The second-order valence-corrected chi connectivity index (χ2v) is 7.03. The van der Waals surface area contributed by atoms with Gasteiger partial charge in [-0.2, -0.15) is 5.10 Å². The highest BCUT2D eigenvalue weighted by Crippen LogP contribution is 2.24. The van der Waals surface area contributed by atoms with Crippen LogP contribution in [-0.4, -0.2) is 26.0 Å². The molecule has 0 saturated carbocycles. The summed E-state index contributed by atoms with van der Waals surface area (Å²) in [6, 6.07) is 3.01. The molecule has 2 N–H and O–H groups in total. The van der Waals surface area contributed by atoms with Crippen LogP contribution in [0, 0.1) is 11.6 Å². The van der Waals surface area contributed by atoms with Gasteiger partial charge in [0.2, 0.25) is 0 Å². The average molecular weight is 419 g/mol. The first-order chi connectivity index (χ1) is 13.8. The zero-order valence-electron chi connectivity index (χ0n) is 16.0. The Kier molecular flexibility index (Phi) is 6.02. The van der Waals surface area contributed by atoms with E-state index in [-0.39, 0.29) is 10.6 Å². The molecule has 152 valence electrons. The second kappa shape index (κ2) is 8.48. The zero-order valence-corrected chi connectivity index (χ0v) is 16.9. The first-order valence-electron chi connectivity index (χ1n) is 8.92. The molecule has 0 saturated heterocycles. The number of halogens is 2. The Balaban J connectivity index is 1.90. The van der Waals surface area contributed by atoms with E-state index in [0.29, 0.717) is 24.7 Å². The molecule has 0 fully saturated rings. The van der Waals surface area contributed by atoms with Crippen LogP contribution < -0.4 is 10.6 Å². The monoisotopic (exact) mass is 419 g/mol. The van der Waals surface area contributed by atoms with E-state index >= 15 is 0 Å². The number of amides is 2. The normalized spacial score (nSPS) is 10.8. The zero-order chi connectivity index (χ0) is 21.1. The molecule has 7 nitrogen and oxygen atoms in total. The van der Waals surface area contributed by atoms with Crippen molar-refractivity contribution in [2.24, 2.45) is 7.05 Å². The van der Waals surface area contributed by atoms with Crippen molar-refractivity contribution in [3.05, 3.63) is 57.7 Å².